The number of carbonyl (C=O) groups excluding carboxylic acids is 1. The normalized spacial score (nSPS) is 42.1. The molecule has 0 spiro atoms. The van der Waals surface area contributed by atoms with Gasteiger partial charge in [-0.1, -0.05) is 35.8 Å². The van der Waals surface area contributed by atoms with Crippen molar-refractivity contribution in [2.24, 2.45) is 29.1 Å². The lowest BCUT2D eigenvalue weighted by atomic mass is 9.58. The van der Waals surface area contributed by atoms with Gasteiger partial charge in [0.25, 0.3) is 0 Å². The number of carbonyl (C=O) groups is 1. The Morgan fingerprint density at radius 1 is 1.28 bits per heavy atom. The first kappa shape index (κ1) is 21.0. The molecular weight excluding hydrogens is 364 g/mol. The van der Waals surface area contributed by atoms with E-state index >= 15 is 0 Å². The van der Waals surface area contributed by atoms with Crippen LogP contribution in [0.25, 0.3) is 0 Å². The Morgan fingerprint density at radius 2 is 2.03 bits per heavy atom. The fourth-order valence-corrected chi connectivity index (χ4v) is 6.82. The molecule has 4 aliphatic carbocycles. The molecule has 0 saturated heterocycles. The monoisotopic (exact) mass is 400 g/mol. The van der Waals surface area contributed by atoms with Crippen LogP contribution >= 0.6 is 0 Å². The number of hydrogen-bond donors (Lipinski definition) is 3. The van der Waals surface area contributed by atoms with Crippen molar-refractivity contribution in [1.29, 1.82) is 0 Å². The van der Waals surface area contributed by atoms with Gasteiger partial charge in [0.05, 0.1) is 18.3 Å². The molecule has 0 aromatic heterocycles. The predicted octanol–water partition coefficient (Wildman–Crippen LogP) is 3.71. The zero-order chi connectivity index (χ0) is 20.9. The second kappa shape index (κ2) is 7.79. The molecule has 160 valence electrons. The van der Waals surface area contributed by atoms with Crippen molar-refractivity contribution in [3.05, 3.63) is 34.9 Å². The van der Waals surface area contributed by atoms with Crippen molar-refractivity contribution < 1.29 is 20.1 Å². The van der Waals surface area contributed by atoms with Crippen molar-refractivity contribution in [3.8, 4) is 0 Å². The predicted molar refractivity (Wildman–Crippen MR) is 113 cm³/mol. The summed E-state index contributed by atoms with van der Waals surface area (Å²) in [5, 5.41) is 30.0. The van der Waals surface area contributed by atoms with Crippen LogP contribution in [-0.2, 0) is 4.79 Å². The maximum absolute atomic E-state index is 13.0. The van der Waals surface area contributed by atoms with Gasteiger partial charge < -0.3 is 15.3 Å². The van der Waals surface area contributed by atoms with Crippen molar-refractivity contribution in [2.45, 2.75) is 84.0 Å². The van der Waals surface area contributed by atoms with Crippen molar-refractivity contribution in [1.82, 2.24) is 0 Å². The summed E-state index contributed by atoms with van der Waals surface area (Å²) in [6.45, 7) is 6.07. The number of ketones is 1. The first-order valence-corrected chi connectivity index (χ1v) is 11.4. The third kappa shape index (κ3) is 3.68. The summed E-state index contributed by atoms with van der Waals surface area (Å²) in [5.74, 6) is 1.27. The Morgan fingerprint density at radius 3 is 2.76 bits per heavy atom. The smallest absolute Gasteiger partial charge is 0.159 e. The summed E-state index contributed by atoms with van der Waals surface area (Å²) in [4.78, 5) is 13.0. The summed E-state index contributed by atoms with van der Waals surface area (Å²) in [5.41, 5.74) is 3.97. The minimum atomic E-state index is -0.827. The average Bonchev–Trinajstić information content (AvgIpc) is 2.80. The molecule has 2 bridgehead atoms. The SMILES string of the molecule is CC(=C[C@@H](O)[C@@H](C)O)[C@H]1CC[C@H]2C3=CC(=O)[C@H]4CC(=CC[C@H](O)C4)[C@H]3CC[C@]12C. The molecule has 2 fully saturated rings. The molecule has 8 atom stereocenters. The lowest BCUT2D eigenvalue weighted by Gasteiger charge is -2.46. The molecule has 0 amide bonds. The van der Waals surface area contributed by atoms with E-state index in [0.29, 0.717) is 30.6 Å². The number of rotatable bonds is 3. The zero-order valence-electron chi connectivity index (χ0n) is 18.0. The van der Waals surface area contributed by atoms with Gasteiger partial charge in [-0.2, -0.15) is 0 Å². The molecule has 4 rings (SSSR count). The largest absolute Gasteiger partial charge is 0.393 e. The third-order valence-corrected chi connectivity index (χ3v) is 8.44. The maximum Gasteiger partial charge on any atom is 0.159 e. The Hall–Kier alpha value is -1.23. The van der Waals surface area contributed by atoms with Gasteiger partial charge in [-0.15, -0.1) is 0 Å². The Bertz CT molecular complexity index is 761. The fraction of sp³-hybridized carbons (Fsp3) is 0.720. The highest BCUT2D eigenvalue weighted by Gasteiger charge is 2.53. The molecule has 0 aromatic carbocycles. The summed E-state index contributed by atoms with van der Waals surface area (Å²) in [7, 11) is 0. The van der Waals surface area contributed by atoms with Crippen molar-refractivity contribution >= 4 is 5.78 Å². The van der Waals surface area contributed by atoms with E-state index in [1.165, 1.54) is 16.7 Å². The summed E-state index contributed by atoms with van der Waals surface area (Å²) in [6.07, 6.45) is 10.4. The molecule has 2 saturated carbocycles. The van der Waals surface area contributed by atoms with Gasteiger partial charge >= 0.3 is 0 Å². The molecular formula is C25H36O4. The first-order valence-electron chi connectivity index (χ1n) is 11.4. The van der Waals surface area contributed by atoms with Crippen molar-refractivity contribution in [3.63, 3.8) is 0 Å². The van der Waals surface area contributed by atoms with Gasteiger partial charge in [0.15, 0.2) is 5.78 Å². The second-order valence-corrected chi connectivity index (χ2v) is 10.3. The Labute approximate surface area is 174 Å². The highest BCUT2D eigenvalue weighted by molar-refractivity contribution is 5.93. The Kier molecular flexibility index (Phi) is 5.65. The van der Waals surface area contributed by atoms with Gasteiger partial charge in [0.2, 0.25) is 0 Å². The lowest BCUT2D eigenvalue weighted by molar-refractivity contribution is -0.119. The zero-order valence-corrected chi connectivity index (χ0v) is 18.0. The van der Waals surface area contributed by atoms with Crippen LogP contribution in [0.15, 0.2) is 34.9 Å². The quantitative estimate of drug-likeness (QED) is 0.631. The summed E-state index contributed by atoms with van der Waals surface area (Å²) in [6, 6.07) is 0. The van der Waals surface area contributed by atoms with Gasteiger partial charge in [-0.25, -0.2) is 0 Å². The summed E-state index contributed by atoms with van der Waals surface area (Å²) >= 11 is 0. The van der Waals surface area contributed by atoms with E-state index in [-0.39, 0.29) is 17.1 Å². The topological polar surface area (TPSA) is 77.8 Å². The van der Waals surface area contributed by atoms with Gasteiger partial charge in [0, 0.05) is 11.8 Å². The first-order chi connectivity index (χ1) is 13.7. The van der Waals surface area contributed by atoms with Crippen LogP contribution in [0, 0.1) is 29.1 Å². The van der Waals surface area contributed by atoms with E-state index in [4.69, 9.17) is 0 Å². The van der Waals surface area contributed by atoms with E-state index in [1.54, 1.807) is 6.92 Å². The number of aliphatic hydroxyl groups excluding tert-OH is 3. The van der Waals surface area contributed by atoms with E-state index in [1.807, 2.05) is 12.2 Å². The molecule has 0 unspecified atom stereocenters. The standard InChI is InChI=1S/C25H36O4/c1-14(10-23(28)15(2)26)21-6-7-22-20-13-24(29)17-11-16(4-5-18(27)12-17)19(20)8-9-25(21,22)3/h4,10,13,15,17-19,21-23,26-28H,5-9,11-12H2,1-3H3/t15-,17+,18+,19-,21-,22+,23-,25-/m1/s1. The number of allylic oxidation sites excluding steroid dienone is 4. The Balaban J connectivity index is 1.66. The van der Waals surface area contributed by atoms with Crippen LogP contribution in [0.4, 0.5) is 0 Å². The lowest BCUT2D eigenvalue weighted by Crippen LogP contribution is -2.37. The molecule has 0 heterocycles. The van der Waals surface area contributed by atoms with Gasteiger partial charge in [-0.05, 0) is 82.1 Å². The number of fused-ring (bicyclic) bond motifs is 6. The van der Waals surface area contributed by atoms with Crippen LogP contribution in [0.2, 0.25) is 0 Å². The van der Waals surface area contributed by atoms with Crippen LogP contribution in [0.5, 0.6) is 0 Å². The molecule has 4 nitrogen and oxygen atoms in total. The molecule has 4 heteroatoms. The van der Waals surface area contributed by atoms with E-state index < -0.39 is 18.3 Å². The molecule has 0 aromatic rings. The van der Waals surface area contributed by atoms with Crippen LogP contribution in [0.1, 0.15) is 65.7 Å². The maximum atomic E-state index is 13.0. The number of hydrogen-bond acceptors (Lipinski definition) is 4. The second-order valence-electron chi connectivity index (χ2n) is 10.3. The van der Waals surface area contributed by atoms with Gasteiger partial charge in [0.1, 0.15) is 0 Å². The highest BCUT2D eigenvalue weighted by Crippen LogP contribution is 2.62. The molecule has 0 aliphatic heterocycles. The van der Waals surface area contributed by atoms with E-state index in [9.17, 15) is 20.1 Å². The number of aliphatic hydroxyl groups is 3. The van der Waals surface area contributed by atoms with Crippen LogP contribution in [0.3, 0.4) is 0 Å². The molecule has 29 heavy (non-hydrogen) atoms. The minimum absolute atomic E-state index is 0.0665. The highest BCUT2D eigenvalue weighted by atomic mass is 16.3. The molecule has 0 radical (unpaired) electrons. The molecule has 4 aliphatic rings. The average molecular weight is 401 g/mol. The third-order valence-electron chi connectivity index (χ3n) is 8.44. The fourth-order valence-electron chi connectivity index (χ4n) is 6.82. The minimum Gasteiger partial charge on any atom is -0.393 e. The molecule has 3 N–H and O–H groups in total. The van der Waals surface area contributed by atoms with Gasteiger partial charge in [-0.3, -0.25) is 4.79 Å². The summed E-state index contributed by atoms with van der Waals surface area (Å²) < 4.78 is 0. The van der Waals surface area contributed by atoms with Crippen LogP contribution < -0.4 is 0 Å². The van der Waals surface area contributed by atoms with E-state index in [0.717, 1.165) is 32.1 Å². The van der Waals surface area contributed by atoms with Crippen LogP contribution in [-0.4, -0.2) is 39.4 Å². The van der Waals surface area contributed by atoms with E-state index in [2.05, 4.69) is 19.9 Å². The van der Waals surface area contributed by atoms with Crippen molar-refractivity contribution in [2.75, 3.05) is 0 Å².